The van der Waals surface area contributed by atoms with Gasteiger partial charge in [0.15, 0.2) is 11.6 Å². The third-order valence-corrected chi connectivity index (χ3v) is 9.57. The summed E-state index contributed by atoms with van der Waals surface area (Å²) >= 11 is 6.89. The highest BCUT2D eigenvalue weighted by Crippen LogP contribution is 2.38. The highest BCUT2D eigenvalue weighted by Gasteiger charge is 2.28. The molecule has 4 aromatic rings. The van der Waals surface area contributed by atoms with Gasteiger partial charge >= 0.3 is 0 Å². The van der Waals surface area contributed by atoms with E-state index in [1.54, 1.807) is 36.4 Å². The lowest BCUT2D eigenvalue weighted by atomic mass is 9.98. The number of likely N-dealkylation sites (N-methyl/N-ethyl adjacent to an activating group) is 1. The molecule has 0 atom stereocenters. The van der Waals surface area contributed by atoms with Gasteiger partial charge in [0, 0.05) is 81.7 Å². The number of hydrogen-bond acceptors (Lipinski definition) is 7. The van der Waals surface area contributed by atoms with Crippen molar-refractivity contribution in [3.05, 3.63) is 81.4 Å². The zero-order valence-electron chi connectivity index (χ0n) is 26.8. The zero-order valence-corrected chi connectivity index (χ0v) is 27.6. The molecule has 2 amide bonds. The number of nitrogens with zero attached hydrogens (tertiary/aromatic N) is 7. The fourth-order valence-corrected chi connectivity index (χ4v) is 6.72. The van der Waals surface area contributed by atoms with Crippen molar-refractivity contribution in [2.24, 2.45) is 14.1 Å². The maximum Gasteiger partial charge on any atom is 0.291 e. The van der Waals surface area contributed by atoms with Crippen molar-refractivity contribution in [1.82, 2.24) is 28.9 Å². The highest BCUT2D eigenvalue weighted by molar-refractivity contribution is 6.36. The summed E-state index contributed by atoms with van der Waals surface area (Å²) in [4.78, 5) is 40.9. The van der Waals surface area contributed by atoms with Crippen LogP contribution in [0.2, 0.25) is 5.02 Å². The standard InChI is InChI=1S/C34H38ClN9O2/c1-6-43-15-13-28-26(18-43)37-31(41(28)4)33(45)39-24-11-7-9-21(23(24)17-36)22-10-8-12-25(30(22)35)40-34(46)32-38-27-19-44(20(2)3)16-14-29(27)42(32)5/h7-12,20H,6,13-16,18-19H2,1-5H3,(H,39,45)(H,40,46). The van der Waals surface area contributed by atoms with Crippen LogP contribution >= 0.6 is 11.6 Å². The Labute approximate surface area is 273 Å². The van der Waals surface area contributed by atoms with Crippen LogP contribution in [0.5, 0.6) is 0 Å². The molecule has 6 rings (SSSR count). The second kappa shape index (κ2) is 12.7. The first-order valence-corrected chi connectivity index (χ1v) is 16.0. The number of anilines is 2. The van der Waals surface area contributed by atoms with Crippen LogP contribution in [0.4, 0.5) is 11.4 Å². The predicted octanol–water partition coefficient (Wildman–Crippen LogP) is 4.99. The van der Waals surface area contributed by atoms with Crippen LogP contribution in [0.25, 0.3) is 11.1 Å². The van der Waals surface area contributed by atoms with E-state index in [2.05, 4.69) is 57.2 Å². The van der Waals surface area contributed by atoms with Crippen molar-refractivity contribution in [2.75, 3.05) is 30.3 Å². The summed E-state index contributed by atoms with van der Waals surface area (Å²) in [7, 11) is 3.72. The number of amides is 2. The van der Waals surface area contributed by atoms with Gasteiger partial charge in [-0.15, -0.1) is 0 Å². The summed E-state index contributed by atoms with van der Waals surface area (Å²) in [5.41, 5.74) is 6.01. The average Bonchev–Trinajstić information content (AvgIpc) is 3.57. The van der Waals surface area contributed by atoms with Gasteiger partial charge in [-0.2, -0.15) is 5.26 Å². The lowest BCUT2D eigenvalue weighted by molar-refractivity contribution is 0.100. The van der Waals surface area contributed by atoms with Gasteiger partial charge in [-0.3, -0.25) is 19.4 Å². The largest absolute Gasteiger partial charge is 0.327 e. The molecule has 0 aliphatic carbocycles. The van der Waals surface area contributed by atoms with Crippen LogP contribution in [-0.4, -0.2) is 66.4 Å². The normalized spacial score (nSPS) is 14.9. The molecule has 0 spiro atoms. The fraction of sp³-hybridized carbons (Fsp3) is 0.382. The van der Waals surface area contributed by atoms with E-state index < -0.39 is 5.91 Å². The van der Waals surface area contributed by atoms with Gasteiger partial charge in [-0.05, 0) is 32.5 Å². The Morgan fingerprint density at radius 1 is 0.891 bits per heavy atom. The summed E-state index contributed by atoms with van der Waals surface area (Å²) < 4.78 is 3.70. The van der Waals surface area contributed by atoms with E-state index >= 15 is 0 Å². The molecule has 0 saturated carbocycles. The van der Waals surface area contributed by atoms with Crippen LogP contribution in [0, 0.1) is 11.3 Å². The van der Waals surface area contributed by atoms with E-state index in [1.165, 1.54) is 0 Å². The van der Waals surface area contributed by atoms with E-state index in [9.17, 15) is 14.9 Å². The van der Waals surface area contributed by atoms with E-state index in [0.717, 1.165) is 55.3 Å². The third-order valence-electron chi connectivity index (χ3n) is 9.17. The summed E-state index contributed by atoms with van der Waals surface area (Å²) in [6, 6.07) is 13.1. The molecule has 46 heavy (non-hydrogen) atoms. The van der Waals surface area contributed by atoms with E-state index in [4.69, 9.17) is 11.6 Å². The molecule has 2 aromatic heterocycles. The molecule has 2 N–H and O–H groups in total. The van der Waals surface area contributed by atoms with Crippen LogP contribution < -0.4 is 10.6 Å². The maximum absolute atomic E-state index is 13.5. The molecular formula is C34H38ClN9O2. The smallest absolute Gasteiger partial charge is 0.291 e. The summed E-state index contributed by atoms with van der Waals surface area (Å²) in [5, 5.41) is 16.4. The van der Waals surface area contributed by atoms with E-state index in [-0.39, 0.29) is 16.5 Å². The van der Waals surface area contributed by atoms with Gasteiger partial charge in [0.25, 0.3) is 11.8 Å². The molecule has 2 aliphatic heterocycles. The van der Waals surface area contributed by atoms with Crippen molar-refractivity contribution >= 4 is 34.8 Å². The molecular weight excluding hydrogens is 602 g/mol. The Balaban J connectivity index is 1.25. The molecule has 2 aromatic carbocycles. The molecule has 12 heteroatoms. The Morgan fingerprint density at radius 3 is 2.07 bits per heavy atom. The zero-order chi connectivity index (χ0) is 32.7. The number of nitrogens with one attached hydrogen (secondary N) is 2. The van der Waals surface area contributed by atoms with E-state index in [1.807, 2.05) is 23.2 Å². The number of carbonyl (C=O) groups is 2. The molecule has 0 radical (unpaired) electrons. The monoisotopic (exact) mass is 639 g/mol. The van der Waals surface area contributed by atoms with Crippen LogP contribution in [0.15, 0.2) is 36.4 Å². The Hall–Kier alpha value is -4.50. The van der Waals surface area contributed by atoms with Crippen LogP contribution in [0.1, 0.15) is 70.3 Å². The minimum Gasteiger partial charge on any atom is -0.327 e. The number of halogens is 1. The number of aromatic nitrogens is 4. The van der Waals surface area contributed by atoms with Crippen molar-refractivity contribution < 1.29 is 9.59 Å². The molecule has 11 nitrogen and oxygen atoms in total. The van der Waals surface area contributed by atoms with Gasteiger partial charge in [0.05, 0.1) is 33.3 Å². The second-order valence-electron chi connectivity index (χ2n) is 12.1. The minimum absolute atomic E-state index is 0.254. The van der Waals surface area contributed by atoms with Crippen LogP contribution in [0.3, 0.4) is 0 Å². The quantitative estimate of drug-likeness (QED) is 0.292. The Morgan fingerprint density at radius 2 is 1.46 bits per heavy atom. The first kappa shape index (κ1) is 31.5. The first-order chi connectivity index (χ1) is 22.1. The fourth-order valence-electron chi connectivity index (χ4n) is 6.44. The van der Waals surface area contributed by atoms with Gasteiger partial charge in [0.1, 0.15) is 6.07 Å². The molecule has 2 aliphatic rings. The Kier molecular flexibility index (Phi) is 8.70. The number of hydrogen-bond donors (Lipinski definition) is 2. The van der Waals surface area contributed by atoms with Crippen LogP contribution in [-0.2, 0) is 40.0 Å². The summed E-state index contributed by atoms with van der Waals surface area (Å²) in [6.45, 7) is 10.6. The van der Waals surface area contributed by atoms with Gasteiger partial charge in [0.2, 0.25) is 0 Å². The number of fused-ring (bicyclic) bond motifs is 2. The molecule has 238 valence electrons. The SMILES string of the molecule is CCN1CCc2c(nc(C(=O)Nc3cccc(-c4cccc(NC(=O)c5nc6c(n5C)CCN(C(C)C)C6)c4Cl)c3C#N)n2C)C1. The minimum atomic E-state index is -0.394. The van der Waals surface area contributed by atoms with Gasteiger partial charge in [-0.1, -0.05) is 42.8 Å². The van der Waals surface area contributed by atoms with E-state index in [0.29, 0.717) is 53.3 Å². The molecule has 0 bridgehead atoms. The first-order valence-electron chi connectivity index (χ1n) is 15.6. The lowest BCUT2D eigenvalue weighted by Crippen LogP contribution is -2.36. The molecule has 0 fully saturated rings. The van der Waals surface area contributed by atoms with Crippen molar-refractivity contribution in [3.8, 4) is 17.2 Å². The second-order valence-corrected chi connectivity index (χ2v) is 12.5. The number of nitriles is 1. The number of benzene rings is 2. The molecule has 0 saturated heterocycles. The Bertz CT molecular complexity index is 1880. The number of rotatable bonds is 7. The summed E-state index contributed by atoms with van der Waals surface area (Å²) in [6.07, 6.45) is 1.65. The molecule has 0 unspecified atom stereocenters. The van der Waals surface area contributed by atoms with Crippen molar-refractivity contribution in [2.45, 2.75) is 52.7 Å². The predicted molar refractivity (Wildman–Crippen MR) is 178 cm³/mol. The maximum atomic E-state index is 13.5. The molecule has 4 heterocycles. The highest BCUT2D eigenvalue weighted by atomic mass is 35.5. The topological polar surface area (TPSA) is 124 Å². The number of imidazole rings is 2. The summed E-state index contributed by atoms with van der Waals surface area (Å²) in [5.74, 6) is -0.144. The van der Waals surface area contributed by atoms with Gasteiger partial charge < -0.3 is 19.8 Å². The third kappa shape index (κ3) is 5.68. The van der Waals surface area contributed by atoms with Crippen molar-refractivity contribution in [1.29, 1.82) is 5.26 Å². The average molecular weight is 640 g/mol. The van der Waals surface area contributed by atoms with Gasteiger partial charge in [-0.25, -0.2) is 9.97 Å². The number of carbonyl (C=O) groups excluding carboxylic acids is 2. The van der Waals surface area contributed by atoms with Crippen molar-refractivity contribution in [3.63, 3.8) is 0 Å². The lowest BCUT2D eigenvalue weighted by Gasteiger charge is -2.29.